The Hall–Kier alpha value is -0.700. The van der Waals surface area contributed by atoms with Gasteiger partial charge in [-0.15, -0.1) is 0 Å². The van der Waals surface area contributed by atoms with E-state index >= 15 is 0 Å². The molecule has 19 heavy (non-hydrogen) atoms. The van der Waals surface area contributed by atoms with Crippen molar-refractivity contribution in [3.05, 3.63) is 0 Å². The van der Waals surface area contributed by atoms with Crippen LogP contribution >= 0.6 is 0 Å². The Morgan fingerprint density at radius 3 is 1.47 bits per heavy atom. The van der Waals surface area contributed by atoms with Crippen LogP contribution in [-0.4, -0.2) is 37.6 Å². The maximum absolute atomic E-state index is 4.55. The number of aliphatic imine (C=N–C) groups is 2. The molecular weight excluding hydrogens is 234 g/mol. The van der Waals surface area contributed by atoms with Gasteiger partial charge in [0.2, 0.25) is 0 Å². The van der Waals surface area contributed by atoms with Crippen LogP contribution in [0.15, 0.2) is 9.98 Å². The van der Waals surface area contributed by atoms with Gasteiger partial charge in [0.25, 0.3) is 0 Å². The van der Waals surface area contributed by atoms with Gasteiger partial charge in [-0.2, -0.15) is 0 Å². The summed E-state index contributed by atoms with van der Waals surface area (Å²) in [6.07, 6.45) is 2.22. The number of nitrogens with one attached hydrogen (secondary N) is 1. The first-order valence-corrected chi connectivity index (χ1v) is 7.62. The third-order valence-electron chi connectivity index (χ3n) is 2.75. The van der Waals surface area contributed by atoms with Crippen LogP contribution in [0, 0.1) is 11.8 Å². The summed E-state index contributed by atoms with van der Waals surface area (Å²) in [5.41, 5.74) is 2.53. The van der Waals surface area contributed by atoms with Gasteiger partial charge >= 0.3 is 0 Å². The van der Waals surface area contributed by atoms with Crippen LogP contribution in [0.25, 0.3) is 0 Å². The molecule has 0 aliphatic carbocycles. The lowest BCUT2D eigenvalue weighted by molar-refractivity contribution is 0.667. The molecule has 112 valence electrons. The standard InChI is InChI=1S/C16H33N3/c1-13(2)11-15(5)18-9-7-17-8-10-19-16(6)12-14(3)4/h13-14,17H,7-12H2,1-6H3/b18-15-,19-16-. The van der Waals surface area contributed by atoms with Crippen LogP contribution in [0.2, 0.25) is 0 Å². The molecule has 0 atom stereocenters. The third-order valence-corrected chi connectivity index (χ3v) is 2.75. The zero-order chi connectivity index (χ0) is 14.7. The van der Waals surface area contributed by atoms with Crippen molar-refractivity contribution in [1.29, 1.82) is 0 Å². The SMILES string of the molecule is C/C(CC(C)C)=N/CCNCC/N=C(/C)CC(C)C. The van der Waals surface area contributed by atoms with Crippen LogP contribution < -0.4 is 5.32 Å². The summed E-state index contributed by atoms with van der Waals surface area (Å²) in [5.74, 6) is 1.41. The van der Waals surface area contributed by atoms with E-state index in [2.05, 4.69) is 56.8 Å². The third kappa shape index (κ3) is 13.5. The highest BCUT2D eigenvalue weighted by Gasteiger charge is 1.97. The second-order valence-electron chi connectivity index (χ2n) is 6.18. The van der Waals surface area contributed by atoms with Crippen molar-refractivity contribution in [2.45, 2.75) is 54.4 Å². The molecule has 0 aromatic carbocycles. The minimum atomic E-state index is 0.704. The van der Waals surface area contributed by atoms with Crippen LogP contribution in [0.4, 0.5) is 0 Å². The molecular formula is C16H33N3. The van der Waals surface area contributed by atoms with Crippen molar-refractivity contribution in [3.63, 3.8) is 0 Å². The zero-order valence-corrected chi connectivity index (χ0v) is 13.8. The van der Waals surface area contributed by atoms with E-state index in [4.69, 9.17) is 0 Å². The summed E-state index contributed by atoms with van der Waals surface area (Å²) in [6.45, 7) is 16.8. The fraction of sp³-hybridized carbons (Fsp3) is 0.875. The molecule has 0 saturated heterocycles. The van der Waals surface area contributed by atoms with Gasteiger partial charge in [-0.05, 0) is 38.5 Å². The molecule has 0 aromatic rings. The van der Waals surface area contributed by atoms with Crippen LogP contribution in [0.5, 0.6) is 0 Å². The average Bonchev–Trinajstić information content (AvgIpc) is 2.25. The number of hydrogen-bond donors (Lipinski definition) is 1. The molecule has 0 amide bonds. The summed E-state index contributed by atoms with van der Waals surface area (Å²) < 4.78 is 0. The Morgan fingerprint density at radius 2 is 1.16 bits per heavy atom. The molecule has 1 N–H and O–H groups in total. The largest absolute Gasteiger partial charge is 0.313 e. The molecule has 0 radical (unpaired) electrons. The van der Waals surface area contributed by atoms with Gasteiger partial charge in [0, 0.05) is 24.5 Å². The second-order valence-corrected chi connectivity index (χ2v) is 6.18. The molecule has 0 bridgehead atoms. The quantitative estimate of drug-likeness (QED) is 0.476. The van der Waals surface area contributed by atoms with Crippen LogP contribution in [-0.2, 0) is 0 Å². The van der Waals surface area contributed by atoms with E-state index in [1.165, 1.54) is 11.4 Å². The van der Waals surface area contributed by atoms with Gasteiger partial charge in [0.15, 0.2) is 0 Å². The highest BCUT2D eigenvalue weighted by molar-refractivity contribution is 5.82. The minimum Gasteiger partial charge on any atom is -0.313 e. The zero-order valence-electron chi connectivity index (χ0n) is 13.8. The minimum absolute atomic E-state index is 0.704. The summed E-state index contributed by atoms with van der Waals surface area (Å²) in [7, 11) is 0. The van der Waals surface area contributed by atoms with E-state index in [0.29, 0.717) is 11.8 Å². The highest BCUT2D eigenvalue weighted by Crippen LogP contribution is 2.01. The first kappa shape index (κ1) is 18.3. The monoisotopic (exact) mass is 267 g/mol. The molecule has 0 saturated carbocycles. The molecule has 0 rings (SSSR count). The second kappa shape index (κ2) is 11.2. The van der Waals surface area contributed by atoms with Crippen molar-refractivity contribution in [2.24, 2.45) is 21.8 Å². The smallest absolute Gasteiger partial charge is 0.0513 e. The lowest BCUT2D eigenvalue weighted by Crippen LogP contribution is -2.21. The molecule has 0 unspecified atom stereocenters. The topological polar surface area (TPSA) is 36.8 Å². The Bertz CT molecular complexity index is 250. The predicted octanol–water partition coefficient (Wildman–Crippen LogP) is 3.59. The van der Waals surface area contributed by atoms with Crippen LogP contribution in [0.3, 0.4) is 0 Å². The van der Waals surface area contributed by atoms with Crippen molar-refractivity contribution in [1.82, 2.24) is 5.32 Å². The normalized spacial score (nSPS) is 13.7. The summed E-state index contributed by atoms with van der Waals surface area (Å²) in [5, 5.41) is 3.39. The molecule has 3 heteroatoms. The van der Waals surface area contributed by atoms with Crippen molar-refractivity contribution in [3.8, 4) is 0 Å². The van der Waals surface area contributed by atoms with E-state index in [-0.39, 0.29) is 0 Å². The van der Waals surface area contributed by atoms with Crippen molar-refractivity contribution >= 4 is 11.4 Å². The van der Waals surface area contributed by atoms with Crippen molar-refractivity contribution < 1.29 is 0 Å². The van der Waals surface area contributed by atoms with E-state index < -0.39 is 0 Å². The van der Waals surface area contributed by atoms with Gasteiger partial charge in [0.1, 0.15) is 0 Å². The summed E-state index contributed by atoms with van der Waals surface area (Å²) >= 11 is 0. The van der Waals surface area contributed by atoms with Crippen LogP contribution in [0.1, 0.15) is 54.4 Å². The Labute approximate surface area is 120 Å². The maximum Gasteiger partial charge on any atom is 0.0513 e. The lowest BCUT2D eigenvalue weighted by Gasteiger charge is -2.06. The molecule has 3 nitrogen and oxygen atoms in total. The van der Waals surface area contributed by atoms with Gasteiger partial charge in [-0.1, -0.05) is 27.7 Å². The summed E-state index contributed by atoms with van der Waals surface area (Å²) in [6, 6.07) is 0. The number of rotatable bonds is 10. The Balaban J connectivity index is 3.55. The van der Waals surface area contributed by atoms with Crippen molar-refractivity contribution in [2.75, 3.05) is 26.2 Å². The molecule has 0 aromatic heterocycles. The van der Waals surface area contributed by atoms with Gasteiger partial charge < -0.3 is 5.32 Å². The Morgan fingerprint density at radius 1 is 0.789 bits per heavy atom. The number of nitrogens with zero attached hydrogens (tertiary/aromatic N) is 2. The van der Waals surface area contributed by atoms with E-state index in [1.54, 1.807) is 0 Å². The molecule has 0 aliphatic rings. The van der Waals surface area contributed by atoms with Gasteiger partial charge in [-0.3, -0.25) is 9.98 Å². The number of hydrogen-bond acceptors (Lipinski definition) is 3. The van der Waals surface area contributed by atoms with E-state index in [1.807, 2.05) is 0 Å². The molecule has 0 aliphatic heterocycles. The van der Waals surface area contributed by atoms with E-state index in [0.717, 1.165) is 39.0 Å². The van der Waals surface area contributed by atoms with Gasteiger partial charge in [0.05, 0.1) is 13.1 Å². The predicted molar refractivity (Wildman–Crippen MR) is 87.7 cm³/mol. The van der Waals surface area contributed by atoms with E-state index in [9.17, 15) is 0 Å². The summed E-state index contributed by atoms with van der Waals surface area (Å²) in [4.78, 5) is 9.11. The highest BCUT2D eigenvalue weighted by atomic mass is 14.9. The maximum atomic E-state index is 4.55. The molecule has 0 spiro atoms. The first-order chi connectivity index (χ1) is 8.91. The lowest BCUT2D eigenvalue weighted by atomic mass is 10.1. The average molecular weight is 267 g/mol. The fourth-order valence-corrected chi connectivity index (χ4v) is 2.09. The molecule has 0 fully saturated rings. The first-order valence-electron chi connectivity index (χ1n) is 7.62. The van der Waals surface area contributed by atoms with Gasteiger partial charge in [-0.25, -0.2) is 0 Å². The Kier molecular flexibility index (Phi) is 10.7. The fourth-order valence-electron chi connectivity index (χ4n) is 2.09. The molecule has 0 heterocycles.